The Labute approximate surface area is 260 Å². The molecule has 1 atom stereocenters. The summed E-state index contributed by atoms with van der Waals surface area (Å²) in [5.41, 5.74) is 1.94. The second kappa shape index (κ2) is 12.3. The average Bonchev–Trinajstić information content (AvgIpc) is 3.87. The van der Waals surface area contributed by atoms with Gasteiger partial charge in [0.15, 0.2) is 0 Å². The van der Waals surface area contributed by atoms with E-state index in [0.717, 1.165) is 18.4 Å². The van der Waals surface area contributed by atoms with Gasteiger partial charge in [-0.3, -0.25) is 14.4 Å². The molecule has 2 aromatic heterocycles. The quantitative estimate of drug-likeness (QED) is 0.288. The van der Waals surface area contributed by atoms with Crippen LogP contribution in [0.3, 0.4) is 0 Å². The van der Waals surface area contributed by atoms with Crippen LogP contribution in [0.4, 0.5) is 10.2 Å². The summed E-state index contributed by atoms with van der Waals surface area (Å²) in [6.07, 6.45) is 4.85. The highest BCUT2D eigenvalue weighted by molar-refractivity contribution is 6.31. The first-order valence-corrected chi connectivity index (χ1v) is 15.7. The Balaban J connectivity index is 1.32. The predicted octanol–water partition coefficient (Wildman–Crippen LogP) is 5.62. The number of benzene rings is 1. The fourth-order valence-corrected chi connectivity index (χ4v) is 5.67. The molecule has 3 fully saturated rings. The Hall–Kier alpha value is -3.76. The van der Waals surface area contributed by atoms with Gasteiger partial charge in [-0.1, -0.05) is 17.7 Å². The Kier molecular flexibility index (Phi) is 8.48. The first kappa shape index (κ1) is 30.3. The van der Waals surface area contributed by atoms with Crippen LogP contribution in [0.15, 0.2) is 47.4 Å². The molecule has 1 aromatic carbocycles. The molecule has 1 saturated heterocycles. The van der Waals surface area contributed by atoms with Crippen LogP contribution in [0.1, 0.15) is 78.8 Å². The number of anilines is 1. The number of likely N-dealkylation sites (tertiary alicyclic amines) is 1. The van der Waals surface area contributed by atoms with Gasteiger partial charge in [-0.05, 0) is 93.3 Å². The Bertz CT molecular complexity index is 1650. The van der Waals surface area contributed by atoms with E-state index in [1.165, 1.54) is 17.7 Å². The molecule has 3 heterocycles. The van der Waals surface area contributed by atoms with Gasteiger partial charge < -0.3 is 24.8 Å². The maximum Gasteiger partial charge on any atom is 0.263 e. The minimum Gasteiger partial charge on any atom is -0.475 e. The number of carbonyl (C=O) groups excluding carboxylic acids is 2. The topological polar surface area (TPSA) is 106 Å². The third kappa shape index (κ3) is 6.81. The summed E-state index contributed by atoms with van der Waals surface area (Å²) in [6.45, 7) is 6.47. The number of ether oxygens (including phenoxy) is 1. The molecule has 0 bridgehead atoms. The van der Waals surface area contributed by atoms with Crippen molar-refractivity contribution in [2.75, 3.05) is 18.4 Å². The van der Waals surface area contributed by atoms with Crippen LogP contribution >= 0.6 is 11.6 Å². The van der Waals surface area contributed by atoms with Gasteiger partial charge in [-0.15, -0.1) is 0 Å². The minimum atomic E-state index is -1.05. The lowest BCUT2D eigenvalue weighted by Gasteiger charge is -2.34. The van der Waals surface area contributed by atoms with Crippen LogP contribution in [0.5, 0.6) is 5.88 Å². The number of halogens is 2. The molecular weight excluding hydrogens is 585 g/mol. The Morgan fingerprint density at radius 1 is 1.07 bits per heavy atom. The maximum atomic E-state index is 13.7. The SMILES string of the molecule is CC(C)Oc1cc(-c2ccc(Cl)cc2C(=O)N2CC(F)C2)cc(NC(=O)c2cc(CN[C@@H](C)C3CC3)cn(C3CC3)c2=O)n1. The lowest BCUT2D eigenvalue weighted by molar-refractivity contribution is 0.0401. The summed E-state index contributed by atoms with van der Waals surface area (Å²) in [5, 5.41) is 6.70. The number of alkyl halides is 1. The first-order valence-electron chi connectivity index (χ1n) is 15.3. The number of hydrogen-bond acceptors (Lipinski definition) is 6. The molecule has 0 unspecified atom stereocenters. The van der Waals surface area contributed by atoms with Crippen LogP contribution in [0.2, 0.25) is 5.02 Å². The number of amides is 2. The van der Waals surface area contributed by atoms with E-state index in [9.17, 15) is 18.8 Å². The smallest absolute Gasteiger partial charge is 0.263 e. The predicted molar refractivity (Wildman–Crippen MR) is 167 cm³/mol. The summed E-state index contributed by atoms with van der Waals surface area (Å²) in [7, 11) is 0. The van der Waals surface area contributed by atoms with Crippen LogP contribution in [0, 0.1) is 5.92 Å². The summed E-state index contributed by atoms with van der Waals surface area (Å²) < 4.78 is 21.1. The monoisotopic (exact) mass is 621 g/mol. The van der Waals surface area contributed by atoms with E-state index in [2.05, 4.69) is 22.5 Å². The number of nitrogens with zero attached hydrogens (tertiary/aromatic N) is 3. The maximum absolute atomic E-state index is 13.7. The zero-order valence-corrected chi connectivity index (χ0v) is 25.9. The lowest BCUT2D eigenvalue weighted by Crippen LogP contribution is -2.51. The second-order valence-electron chi connectivity index (χ2n) is 12.4. The van der Waals surface area contributed by atoms with Gasteiger partial charge in [0.2, 0.25) is 5.88 Å². The van der Waals surface area contributed by atoms with Crippen LogP contribution in [-0.4, -0.2) is 57.7 Å². The molecule has 232 valence electrons. The number of hydrogen-bond donors (Lipinski definition) is 2. The van der Waals surface area contributed by atoms with Crippen molar-refractivity contribution in [1.82, 2.24) is 19.8 Å². The van der Waals surface area contributed by atoms with Crippen LogP contribution in [-0.2, 0) is 6.54 Å². The van der Waals surface area contributed by atoms with E-state index in [1.807, 2.05) is 20.0 Å². The van der Waals surface area contributed by atoms with E-state index in [1.54, 1.807) is 41.0 Å². The van der Waals surface area contributed by atoms with Crippen molar-refractivity contribution in [3.05, 3.63) is 74.7 Å². The van der Waals surface area contributed by atoms with Crippen molar-refractivity contribution in [3.8, 4) is 17.0 Å². The molecule has 6 rings (SSSR count). The Morgan fingerprint density at radius 3 is 2.48 bits per heavy atom. The van der Waals surface area contributed by atoms with Gasteiger partial charge in [0.25, 0.3) is 17.4 Å². The molecule has 2 aliphatic carbocycles. The average molecular weight is 622 g/mol. The molecule has 44 heavy (non-hydrogen) atoms. The largest absolute Gasteiger partial charge is 0.475 e. The van der Waals surface area contributed by atoms with Crippen molar-refractivity contribution in [2.45, 2.75) is 77.4 Å². The third-order valence-corrected chi connectivity index (χ3v) is 8.52. The molecule has 1 aliphatic heterocycles. The number of aromatic nitrogens is 2. The van der Waals surface area contributed by atoms with E-state index < -0.39 is 12.1 Å². The fraction of sp³-hybridized carbons (Fsp3) is 0.455. The highest BCUT2D eigenvalue weighted by Gasteiger charge is 2.33. The summed E-state index contributed by atoms with van der Waals surface area (Å²) in [5.74, 6) is 0.148. The molecule has 0 spiro atoms. The molecular formula is C33H37ClFN5O4. The van der Waals surface area contributed by atoms with Gasteiger partial charge >= 0.3 is 0 Å². The highest BCUT2D eigenvalue weighted by atomic mass is 35.5. The second-order valence-corrected chi connectivity index (χ2v) is 12.8. The molecule has 0 radical (unpaired) electrons. The summed E-state index contributed by atoms with van der Waals surface area (Å²) >= 11 is 6.26. The molecule has 2 amide bonds. The van der Waals surface area contributed by atoms with Crippen molar-refractivity contribution in [3.63, 3.8) is 0 Å². The van der Waals surface area contributed by atoms with Crippen molar-refractivity contribution in [1.29, 1.82) is 0 Å². The summed E-state index contributed by atoms with van der Waals surface area (Å²) in [6, 6.07) is 10.3. The molecule has 2 saturated carbocycles. The van der Waals surface area contributed by atoms with Crippen LogP contribution < -0.4 is 20.9 Å². The van der Waals surface area contributed by atoms with Crippen molar-refractivity contribution >= 4 is 29.2 Å². The van der Waals surface area contributed by atoms with Gasteiger partial charge in [-0.2, -0.15) is 4.98 Å². The van der Waals surface area contributed by atoms with Gasteiger partial charge in [0, 0.05) is 41.5 Å². The highest BCUT2D eigenvalue weighted by Crippen LogP contribution is 2.35. The van der Waals surface area contributed by atoms with Crippen LogP contribution in [0.25, 0.3) is 11.1 Å². The standard InChI is InChI=1S/C33H37ClFN5O4/c1-18(2)44-30-12-22(26-9-6-23(34)13-27(26)32(42)39-16-24(35)17-39)11-29(37-30)38-31(41)28-10-20(14-36-19(3)21-4-5-21)15-40(33(28)43)25-7-8-25/h6,9-13,15,18-19,21,24-25,36H,4-5,7-8,14,16-17H2,1-3H3,(H,37,38,41)/t19-/m0/s1. The fourth-order valence-electron chi connectivity index (χ4n) is 5.50. The zero-order valence-electron chi connectivity index (χ0n) is 25.1. The zero-order chi connectivity index (χ0) is 31.1. The van der Waals surface area contributed by atoms with Crippen molar-refractivity contribution in [2.24, 2.45) is 5.92 Å². The lowest BCUT2D eigenvalue weighted by atomic mass is 9.98. The molecule has 3 aliphatic rings. The van der Waals surface area contributed by atoms with E-state index in [-0.39, 0.29) is 54.0 Å². The first-order chi connectivity index (χ1) is 21.0. The van der Waals surface area contributed by atoms with Crippen molar-refractivity contribution < 1.29 is 18.7 Å². The van der Waals surface area contributed by atoms with Gasteiger partial charge in [-0.25, -0.2) is 4.39 Å². The molecule has 11 heteroatoms. The van der Waals surface area contributed by atoms with Gasteiger partial charge in [0.05, 0.1) is 19.2 Å². The number of pyridine rings is 2. The van der Waals surface area contributed by atoms with E-state index in [4.69, 9.17) is 16.3 Å². The van der Waals surface area contributed by atoms with E-state index >= 15 is 0 Å². The van der Waals surface area contributed by atoms with E-state index in [0.29, 0.717) is 40.2 Å². The minimum absolute atomic E-state index is 0.0244. The molecule has 2 N–H and O–H groups in total. The van der Waals surface area contributed by atoms with Gasteiger partial charge in [0.1, 0.15) is 17.6 Å². The molecule has 9 nitrogen and oxygen atoms in total. The summed E-state index contributed by atoms with van der Waals surface area (Å²) in [4.78, 5) is 46.3. The Morgan fingerprint density at radius 2 is 1.82 bits per heavy atom. The number of nitrogens with one attached hydrogen (secondary N) is 2. The third-order valence-electron chi connectivity index (χ3n) is 8.29. The number of rotatable bonds is 11. The molecule has 3 aromatic rings. The normalized spacial score (nSPS) is 17.4. The number of carbonyl (C=O) groups is 2.